The van der Waals surface area contributed by atoms with Crippen molar-refractivity contribution in [2.24, 2.45) is 0 Å². The molecule has 2 aliphatic heterocycles. The molecule has 0 aliphatic carbocycles. The minimum Gasteiger partial charge on any atom is -0.490 e. The average molecular weight is 514 g/mol. The van der Waals surface area contributed by atoms with Crippen molar-refractivity contribution in [2.75, 3.05) is 59.5 Å². The zero-order chi connectivity index (χ0) is 25.5. The number of ether oxygens (including phenoxy) is 2. The van der Waals surface area contributed by atoms with E-state index in [1.165, 1.54) is 0 Å². The van der Waals surface area contributed by atoms with Crippen LogP contribution < -0.4 is 4.74 Å². The number of morpholine rings is 1. The fourth-order valence-electron chi connectivity index (χ4n) is 4.95. The number of amides is 2. The third kappa shape index (κ3) is 6.58. The molecule has 194 valence electrons. The van der Waals surface area contributed by atoms with Crippen LogP contribution in [0.25, 0.3) is 0 Å². The first kappa shape index (κ1) is 26.5. The van der Waals surface area contributed by atoms with Crippen LogP contribution in [0.15, 0.2) is 54.6 Å². The highest BCUT2D eigenvalue weighted by atomic mass is 35.5. The first-order valence-electron chi connectivity index (χ1n) is 12.7. The lowest BCUT2D eigenvalue weighted by molar-refractivity contribution is -0.167. The molecule has 0 saturated carbocycles. The quantitative estimate of drug-likeness (QED) is 0.539. The second-order valence-electron chi connectivity index (χ2n) is 9.77. The molecule has 7 nitrogen and oxygen atoms in total. The molecule has 2 aromatic carbocycles. The average Bonchev–Trinajstić information content (AvgIpc) is 2.89. The van der Waals surface area contributed by atoms with E-state index in [9.17, 15) is 9.59 Å². The summed E-state index contributed by atoms with van der Waals surface area (Å²) in [6.07, 6.45) is 0.857. The van der Waals surface area contributed by atoms with Crippen molar-refractivity contribution in [3.8, 4) is 5.75 Å². The summed E-state index contributed by atoms with van der Waals surface area (Å²) in [5, 5.41) is 0.574. The molecule has 0 spiro atoms. The van der Waals surface area contributed by atoms with E-state index in [0.29, 0.717) is 50.0 Å². The minimum atomic E-state index is -0.939. The van der Waals surface area contributed by atoms with Gasteiger partial charge in [0.05, 0.1) is 25.5 Å². The molecule has 0 radical (unpaired) electrons. The largest absolute Gasteiger partial charge is 0.490 e. The molecule has 4 rings (SSSR count). The molecule has 2 saturated heterocycles. The van der Waals surface area contributed by atoms with Crippen LogP contribution in [-0.2, 0) is 14.3 Å². The van der Waals surface area contributed by atoms with E-state index in [1.807, 2.05) is 59.2 Å². The molecule has 2 unspecified atom stereocenters. The third-order valence-electron chi connectivity index (χ3n) is 7.10. The molecule has 2 fully saturated rings. The predicted molar refractivity (Wildman–Crippen MR) is 140 cm³/mol. The first-order chi connectivity index (χ1) is 17.4. The van der Waals surface area contributed by atoms with Gasteiger partial charge in [0.1, 0.15) is 18.0 Å². The van der Waals surface area contributed by atoms with E-state index >= 15 is 0 Å². The number of likely N-dealkylation sites (N-methyl/N-ethyl adjacent to an activating group) is 1. The number of halogens is 1. The molecular formula is C28H36ClN3O4. The molecule has 36 heavy (non-hydrogen) atoms. The maximum absolute atomic E-state index is 13.7. The Morgan fingerprint density at radius 3 is 2.47 bits per heavy atom. The summed E-state index contributed by atoms with van der Waals surface area (Å²) in [6.45, 7) is 6.40. The van der Waals surface area contributed by atoms with Gasteiger partial charge >= 0.3 is 0 Å². The number of rotatable bonds is 8. The van der Waals surface area contributed by atoms with Gasteiger partial charge in [0, 0.05) is 37.7 Å². The predicted octanol–water partition coefficient (Wildman–Crippen LogP) is 3.67. The van der Waals surface area contributed by atoms with Gasteiger partial charge in [-0.15, -0.1) is 0 Å². The Morgan fingerprint density at radius 1 is 1.03 bits per heavy atom. The van der Waals surface area contributed by atoms with Crippen LogP contribution in [0.5, 0.6) is 5.75 Å². The fourth-order valence-corrected chi connectivity index (χ4v) is 5.13. The van der Waals surface area contributed by atoms with Crippen molar-refractivity contribution in [1.82, 2.24) is 14.7 Å². The second-order valence-corrected chi connectivity index (χ2v) is 10.2. The van der Waals surface area contributed by atoms with Crippen LogP contribution in [0.3, 0.4) is 0 Å². The van der Waals surface area contributed by atoms with Gasteiger partial charge in [-0.2, -0.15) is 0 Å². The highest BCUT2D eigenvalue weighted by Crippen LogP contribution is 2.30. The number of carbonyl (C=O) groups excluding carboxylic acids is 2. The van der Waals surface area contributed by atoms with Crippen molar-refractivity contribution in [3.63, 3.8) is 0 Å². The zero-order valence-electron chi connectivity index (χ0n) is 21.2. The summed E-state index contributed by atoms with van der Waals surface area (Å²) in [7, 11) is 2.06. The monoisotopic (exact) mass is 513 g/mol. The van der Waals surface area contributed by atoms with Gasteiger partial charge in [-0.1, -0.05) is 54.9 Å². The summed E-state index contributed by atoms with van der Waals surface area (Å²) in [5.74, 6) is 0.467. The molecule has 0 N–H and O–H groups in total. The van der Waals surface area contributed by atoms with E-state index in [-0.39, 0.29) is 30.8 Å². The zero-order valence-corrected chi connectivity index (χ0v) is 22.0. The Bertz CT molecular complexity index is 1030. The van der Waals surface area contributed by atoms with Crippen molar-refractivity contribution in [3.05, 3.63) is 65.2 Å². The molecular weight excluding hydrogens is 478 g/mol. The van der Waals surface area contributed by atoms with Gasteiger partial charge in [-0.05, 0) is 37.2 Å². The Kier molecular flexibility index (Phi) is 8.88. The summed E-state index contributed by atoms with van der Waals surface area (Å²) < 4.78 is 12.4. The van der Waals surface area contributed by atoms with Gasteiger partial charge in [0.15, 0.2) is 0 Å². The number of hydrogen-bond acceptors (Lipinski definition) is 5. The molecule has 2 aromatic rings. The van der Waals surface area contributed by atoms with Crippen molar-refractivity contribution in [2.45, 2.75) is 31.3 Å². The van der Waals surface area contributed by atoms with Crippen LogP contribution >= 0.6 is 11.6 Å². The normalized spacial score (nSPS) is 21.8. The van der Waals surface area contributed by atoms with Crippen LogP contribution in [0.1, 0.15) is 31.2 Å². The maximum Gasteiger partial charge on any atom is 0.230 e. The Hall–Kier alpha value is -2.61. The van der Waals surface area contributed by atoms with Crippen molar-refractivity contribution < 1.29 is 19.1 Å². The van der Waals surface area contributed by atoms with Crippen LogP contribution in [0, 0.1) is 0 Å². The number of hydrogen-bond donors (Lipinski definition) is 0. The van der Waals surface area contributed by atoms with E-state index in [0.717, 1.165) is 18.7 Å². The number of carbonyl (C=O) groups is 2. The Balaban J connectivity index is 1.53. The molecule has 2 aliphatic rings. The summed E-state index contributed by atoms with van der Waals surface area (Å²) >= 11 is 6.14. The van der Waals surface area contributed by atoms with Gasteiger partial charge in [0.2, 0.25) is 11.8 Å². The molecule has 0 bridgehead atoms. The summed E-state index contributed by atoms with van der Waals surface area (Å²) in [6, 6.07) is 17.1. The number of piperazine rings is 1. The SMILES string of the molecule is CCC(C(=O)N1CCOC(COc2cccc(Cl)c2)(CC(=O)N2CCN(C)CC2)C1)c1ccccc1. The molecule has 0 aromatic heterocycles. The Morgan fingerprint density at radius 2 is 1.78 bits per heavy atom. The maximum atomic E-state index is 13.7. The standard InChI is InChI=1S/C28H36ClN3O4/c1-3-25(22-8-5-4-6-9-22)27(34)32-16-17-36-28(20-32,21-35-24-11-7-10-23(29)18-24)19-26(33)31-14-12-30(2)13-15-31/h4-11,18,25H,3,12-17,19-21H2,1-2H3. The molecule has 2 amide bonds. The highest BCUT2D eigenvalue weighted by Gasteiger charge is 2.43. The minimum absolute atomic E-state index is 0.0298. The van der Waals surface area contributed by atoms with E-state index in [2.05, 4.69) is 11.9 Å². The number of benzene rings is 2. The lowest BCUT2D eigenvalue weighted by Crippen LogP contribution is -2.59. The molecule has 8 heteroatoms. The van der Waals surface area contributed by atoms with E-state index in [1.54, 1.807) is 12.1 Å². The lowest BCUT2D eigenvalue weighted by atomic mass is 9.92. The van der Waals surface area contributed by atoms with Gasteiger partial charge in [-0.25, -0.2) is 0 Å². The van der Waals surface area contributed by atoms with Crippen molar-refractivity contribution >= 4 is 23.4 Å². The molecule has 2 heterocycles. The molecule has 2 atom stereocenters. The lowest BCUT2D eigenvalue weighted by Gasteiger charge is -2.44. The smallest absolute Gasteiger partial charge is 0.230 e. The first-order valence-corrected chi connectivity index (χ1v) is 13.1. The fraction of sp³-hybridized carbons (Fsp3) is 0.500. The highest BCUT2D eigenvalue weighted by molar-refractivity contribution is 6.30. The van der Waals surface area contributed by atoms with Gasteiger partial charge in [-0.3, -0.25) is 9.59 Å². The van der Waals surface area contributed by atoms with Crippen LogP contribution in [0.2, 0.25) is 5.02 Å². The summed E-state index contributed by atoms with van der Waals surface area (Å²) in [4.78, 5) is 33.0. The van der Waals surface area contributed by atoms with E-state index < -0.39 is 5.60 Å². The second kappa shape index (κ2) is 12.1. The van der Waals surface area contributed by atoms with Gasteiger partial charge < -0.3 is 24.2 Å². The Labute approximate surface area is 218 Å². The summed E-state index contributed by atoms with van der Waals surface area (Å²) in [5.41, 5.74) is 0.0665. The van der Waals surface area contributed by atoms with Crippen LogP contribution in [-0.4, -0.2) is 91.6 Å². The van der Waals surface area contributed by atoms with Crippen LogP contribution in [0.4, 0.5) is 0 Å². The number of nitrogens with zero attached hydrogens (tertiary/aromatic N) is 3. The third-order valence-corrected chi connectivity index (χ3v) is 7.33. The van der Waals surface area contributed by atoms with Gasteiger partial charge in [0.25, 0.3) is 0 Å². The van der Waals surface area contributed by atoms with E-state index in [4.69, 9.17) is 21.1 Å². The topological polar surface area (TPSA) is 62.3 Å². The van der Waals surface area contributed by atoms with Crippen molar-refractivity contribution in [1.29, 1.82) is 0 Å².